The molecule has 0 N–H and O–H groups in total. The molecule has 0 aliphatic carbocycles. The fraction of sp³-hybridized carbons (Fsp3) is 0.500. The van der Waals surface area contributed by atoms with Crippen LogP contribution in [-0.4, -0.2) is 22.7 Å². The Morgan fingerprint density at radius 1 is 1.24 bits per heavy atom. The summed E-state index contributed by atoms with van der Waals surface area (Å²) in [6.07, 6.45) is 3.76. The summed E-state index contributed by atoms with van der Waals surface area (Å²) in [5, 5.41) is 0.989. The minimum atomic E-state index is 0.306. The Labute approximate surface area is 111 Å². The number of halogens is 1. The third kappa shape index (κ3) is 3.32. The van der Waals surface area contributed by atoms with Crippen LogP contribution in [0.15, 0.2) is 24.3 Å². The highest BCUT2D eigenvalue weighted by molar-refractivity contribution is 9.09. The van der Waals surface area contributed by atoms with Gasteiger partial charge >= 0.3 is 0 Å². The third-order valence-corrected chi connectivity index (χ3v) is 3.82. The predicted molar refractivity (Wildman–Crippen MR) is 73.2 cm³/mol. The number of fused-ring (bicyclic) bond motifs is 1. The molecule has 2 rings (SSSR count). The Balaban J connectivity index is 1.91. The van der Waals surface area contributed by atoms with Gasteiger partial charge in [-0.2, -0.15) is 0 Å². The van der Waals surface area contributed by atoms with Gasteiger partial charge in [-0.25, -0.2) is 0 Å². The molecule has 17 heavy (non-hydrogen) atoms. The molecule has 0 unspecified atom stereocenters. The molecular formula is C14H18BrNO. The van der Waals surface area contributed by atoms with Crippen LogP contribution in [-0.2, 0) is 17.8 Å². The first kappa shape index (κ1) is 12.6. The second kappa shape index (κ2) is 6.20. The first-order valence-electron chi connectivity index (χ1n) is 6.22. The van der Waals surface area contributed by atoms with Crippen LogP contribution in [0.5, 0.6) is 0 Å². The van der Waals surface area contributed by atoms with Gasteiger partial charge in [0.05, 0.1) is 0 Å². The lowest BCUT2D eigenvalue weighted by molar-refractivity contribution is -0.132. The summed E-state index contributed by atoms with van der Waals surface area (Å²) in [7, 11) is 0. The Kier molecular flexibility index (Phi) is 4.60. The highest BCUT2D eigenvalue weighted by Gasteiger charge is 2.19. The molecule has 3 heteroatoms. The van der Waals surface area contributed by atoms with Crippen LogP contribution in [0.3, 0.4) is 0 Å². The topological polar surface area (TPSA) is 20.3 Å². The van der Waals surface area contributed by atoms with E-state index in [9.17, 15) is 4.79 Å². The summed E-state index contributed by atoms with van der Waals surface area (Å²) in [6.45, 7) is 1.67. The summed E-state index contributed by atoms with van der Waals surface area (Å²) in [5.41, 5.74) is 2.71. The van der Waals surface area contributed by atoms with E-state index in [-0.39, 0.29) is 0 Å². The largest absolute Gasteiger partial charge is 0.338 e. The summed E-state index contributed by atoms with van der Waals surface area (Å²) in [5.74, 6) is 0.306. The lowest BCUT2D eigenvalue weighted by Gasteiger charge is -2.29. The molecule has 0 aromatic heterocycles. The van der Waals surface area contributed by atoms with Crippen LogP contribution in [0.25, 0.3) is 0 Å². The maximum Gasteiger partial charge on any atom is 0.222 e. The number of hydrogen-bond donors (Lipinski definition) is 0. The Morgan fingerprint density at radius 2 is 2.00 bits per heavy atom. The van der Waals surface area contributed by atoms with Crippen LogP contribution in [0, 0.1) is 0 Å². The van der Waals surface area contributed by atoms with E-state index in [0.717, 1.165) is 37.7 Å². The zero-order valence-electron chi connectivity index (χ0n) is 9.99. The fourth-order valence-electron chi connectivity index (χ4n) is 2.24. The van der Waals surface area contributed by atoms with Gasteiger partial charge in [-0.05, 0) is 30.4 Å². The molecule has 1 aliphatic rings. The molecule has 1 heterocycles. The standard InChI is InChI=1S/C14H18BrNO/c15-9-4-3-7-14(17)16-10-8-12-5-1-2-6-13(12)11-16/h1-2,5-6H,3-4,7-11H2. The Morgan fingerprint density at radius 3 is 2.76 bits per heavy atom. The fourth-order valence-corrected chi connectivity index (χ4v) is 2.63. The number of unbranched alkanes of at least 4 members (excludes halogenated alkanes) is 1. The van der Waals surface area contributed by atoms with E-state index in [4.69, 9.17) is 0 Å². The van der Waals surface area contributed by atoms with Gasteiger partial charge in [0.1, 0.15) is 0 Å². The van der Waals surface area contributed by atoms with Crippen LogP contribution in [0.1, 0.15) is 30.4 Å². The normalized spacial score (nSPS) is 14.5. The summed E-state index contributed by atoms with van der Waals surface area (Å²) in [4.78, 5) is 14.0. The van der Waals surface area contributed by atoms with Crippen molar-refractivity contribution in [3.63, 3.8) is 0 Å². The van der Waals surface area contributed by atoms with E-state index in [0.29, 0.717) is 12.3 Å². The number of amides is 1. The number of alkyl halides is 1. The van der Waals surface area contributed by atoms with Crippen molar-refractivity contribution in [2.45, 2.75) is 32.2 Å². The van der Waals surface area contributed by atoms with E-state index in [1.165, 1.54) is 11.1 Å². The molecule has 1 amide bonds. The molecular weight excluding hydrogens is 278 g/mol. The smallest absolute Gasteiger partial charge is 0.222 e. The van der Waals surface area contributed by atoms with Gasteiger partial charge in [0.15, 0.2) is 0 Å². The van der Waals surface area contributed by atoms with E-state index in [1.807, 2.05) is 4.90 Å². The molecule has 0 saturated carbocycles. The summed E-state index contributed by atoms with van der Waals surface area (Å²) >= 11 is 3.39. The molecule has 0 bridgehead atoms. The number of carbonyl (C=O) groups excluding carboxylic acids is 1. The highest BCUT2D eigenvalue weighted by atomic mass is 79.9. The van der Waals surface area contributed by atoms with Crippen LogP contribution >= 0.6 is 15.9 Å². The maximum atomic E-state index is 12.0. The Bertz CT molecular complexity index is 392. The van der Waals surface area contributed by atoms with Crippen LogP contribution in [0.2, 0.25) is 0 Å². The average molecular weight is 296 g/mol. The van der Waals surface area contributed by atoms with Crippen molar-refractivity contribution >= 4 is 21.8 Å². The van der Waals surface area contributed by atoms with Gasteiger partial charge in [-0.3, -0.25) is 4.79 Å². The van der Waals surface area contributed by atoms with Crippen molar-refractivity contribution in [1.29, 1.82) is 0 Å². The van der Waals surface area contributed by atoms with Gasteiger partial charge < -0.3 is 4.90 Å². The summed E-state index contributed by atoms with van der Waals surface area (Å²) < 4.78 is 0. The molecule has 1 aromatic rings. The van der Waals surface area contributed by atoms with Crippen molar-refractivity contribution in [3.8, 4) is 0 Å². The highest BCUT2D eigenvalue weighted by Crippen LogP contribution is 2.19. The van der Waals surface area contributed by atoms with Crippen molar-refractivity contribution < 1.29 is 4.79 Å². The molecule has 1 aromatic carbocycles. The van der Waals surface area contributed by atoms with Crippen LogP contribution in [0.4, 0.5) is 0 Å². The first-order valence-corrected chi connectivity index (χ1v) is 7.34. The molecule has 0 spiro atoms. The van der Waals surface area contributed by atoms with Crippen molar-refractivity contribution in [2.75, 3.05) is 11.9 Å². The third-order valence-electron chi connectivity index (χ3n) is 3.26. The monoisotopic (exact) mass is 295 g/mol. The molecule has 0 fully saturated rings. The number of nitrogens with zero attached hydrogens (tertiary/aromatic N) is 1. The lowest BCUT2D eigenvalue weighted by Crippen LogP contribution is -2.35. The molecule has 0 radical (unpaired) electrons. The number of hydrogen-bond acceptors (Lipinski definition) is 1. The van der Waals surface area contributed by atoms with Gasteiger partial charge in [-0.15, -0.1) is 0 Å². The van der Waals surface area contributed by atoms with Crippen molar-refractivity contribution in [1.82, 2.24) is 4.90 Å². The number of rotatable bonds is 4. The van der Waals surface area contributed by atoms with E-state index in [1.54, 1.807) is 0 Å². The van der Waals surface area contributed by atoms with Gasteiger partial charge in [0, 0.05) is 24.8 Å². The first-order chi connectivity index (χ1) is 8.31. The number of benzene rings is 1. The molecule has 0 saturated heterocycles. The minimum absolute atomic E-state index is 0.306. The van der Waals surface area contributed by atoms with Gasteiger partial charge in [-0.1, -0.05) is 40.2 Å². The van der Waals surface area contributed by atoms with E-state index in [2.05, 4.69) is 40.2 Å². The molecule has 92 valence electrons. The minimum Gasteiger partial charge on any atom is -0.338 e. The van der Waals surface area contributed by atoms with E-state index < -0.39 is 0 Å². The van der Waals surface area contributed by atoms with Gasteiger partial charge in [0.25, 0.3) is 0 Å². The molecule has 2 nitrogen and oxygen atoms in total. The maximum absolute atomic E-state index is 12.0. The van der Waals surface area contributed by atoms with E-state index >= 15 is 0 Å². The average Bonchev–Trinajstić information content (AvgIpc) is 2.38. The van der Waals surface area contributed by atoms with Crippen LogP contribution < -0.4 is 0 Å². The zero-order valence-corrected chi connectivity index (χ0v) is 11.6. The summed E-state index contributed by atoms with van der Waals surface area (Å²) in [6, 6.07) is 8.43. The number of carbonyl (C=O) groups is 1. The quantitative estimate of drug-likeness (QED) is 0.617. The van der Waals surface area contributed by atoms with Crippen molar-refractivity contribution in [3.05, 3.63) is 35.4 Å². The second-order valence-corrected chi connectivity index (χ2v) is 5.27. The van der Waals surface area contributed by atoms with Gasteiger partial charge in [0.2, 0.25) is 5.91 Å². The molecule has 0 atom stereocenters. The predicted octanol–water partition coefficient (Wildman–Crippen LogP) is 3.14. The second-order valence-electron chi connectivity index (χ2n) is 4.48. The zero-order chi connectivity index (χ0) is 12.1. The Hall–Kier alpha value is -0.830. The van der Waals surface area contributed by atoms with Crippen molar-refractivity contribution in [2.24, 2.45) is 0 Å². The SMILES string of the molecule is O=C(CCCCBr)N1CCc2ccccc2C1. The molecule has 1 aliphatic heterocycles. The lowest BCUT2D eigenvalue weighted by atomic mass is 9.99.